The van der Waals surface area contributed by atoms with E-state index in [-0.39, 0.29) is 11.7 Å². The van der Waals surface area contributed by atoms with Crippen LogP contribution in [0.2, 0.25) is 5.02 Å². The number of fused-ring (bicyclic) bond motifs is 1. The van der Waals surface area contributed by atoms with Crippen LogP contribution in [0.4, 0.5) is 5.82 Å². The Morgan fingerprint density at radius 3 is 2.63 bits per heavy atom. The molecule has 0 fully saturated rings. The molecule has 0 aliphatic carbocycles. The molecule has 6 nitrogen and oxygen atoms in total. The van der Waals surface area contributed by atoms with E-state index in [1.54, 1.807) is 32.9 Å². The molecular weight excluding hydrogens is 422 g/mol. The van der Waals surface area contributed by atoms with Crippen molar-refractivity contribution in [1.29, 1.82) is 0 Å². The van der Waals surface area contributed by atoms with Gasteiger partial charge in [0.2, 0.25) is 0 Å². The van der Waals surface area contributed by atoms with E-state index in [2.05, 4.69) is 22.2 Å². The largest absolute Gasteiger partial charge is 0.460 e. The number of aromatic amines is 1. The molecule has 3 rings (SSSR count). The number of benzene rings is 1. The van der Waals surface area contributed by atoms with Crippen LogP contribution in [0.5, 0.6) is 0 Å². The maximum Gasteiger partial charge on any atom is 0.337 e. The second-order valence-corrected chi connectivity index (χ2v) is 8.96. The number of rotatable bonds is 7. The molecule has 2 heterocycles. The number of unbranched alkanes of at least 4 members (excludes halogenated alkanes) is 1. The summed E-state index contributed by atoms with van der Waals surface area (Å²) in [6.45, 7) is 7.51. The molecule has 8 heteroatoms. The molecule has 2 aromatic rings. The van der Waals surface area contributed by atoms with Gasteiger partial charge in [-0.15, -0.1) is 0 Å². The third-order valence-corrected chi connectivity index (χ3v) is 5.94. The molecule has 0 unspecified atom stereocenters. The minimum Gasteiger partial charge on any atom is -0.460 e. The number of aromatic nitrogens is 2. The first-order valence-electron chi connectivity index (χ1n) is 10.0. The number of nitrogens with one attached hydrogen (secondary N) is 2. The number of nitrogens with zero attached hydrogens (tertiary/aromatic N) is 1. The lowest BCUT2D eigenvalue weighted by Gasteiger charge is -2.29. The molecule has 1 aromatic heterocycles. The first-order chi connectivity index (χ1) is 14.3. The molecule has 1 aromatic carbocycles. The van der Waals surface area contributed by atoms with Crippen LogP contribution in [0, 0.1) is 0 Å². The number of halogens is 1. The summed E-state index contributed by atoms with van der Waals surface area (Å²) in [6.07, 6.45) is 1.83. The Morgan fingerprint density at radius 1 is 1.30 bits per heavy atom. The molecule has 1 aliphatic heterocycles. The fraction of sp³-hybridized carbons (Fsp3) is 0.409. The highest BCUT2D eigenvalue weighted by Crippen LogP contribution is 2.40. The number of anilines is 1. The Balaban J connectivity index is 2.12. The van der Waals surface area contributed by atoms with E-state index in [0.29, 0.717) is 32.8 Å². The van der Waals surface area contributed by atoms with Gasteiger partial charge in [-0.25, -0.2) is 9.78 Å². The van der Waals surface area contributed by atoms with Crippen LogP contribution < -0.4 is 10.9 Å². The minimum atomic E-state index is -0.601. The van der Waals surface area contributed by atoms with Crippen LogP contribution in [0.3, 0.4) is 0 Å². The Bertz CT molecular complexity index is 1020. The van der Waals surface area contributed by atoms with Gasteiger partial charge >= 0.3 is 5.97 Å². The highest BCUT2D eigenvalue weighted by atomic mass is 35.5. The van der Waals surface area contributed by atoms with Crippen LogP contribution in [0.15, 0.2) is 45.5 Å². The number of hydrogen-bond donors (Lipinski definition) is 2. The van der Waals surface area contributed by atoms with Gasteiger partial charge in [-0.3, -0.25) is 4.79 Å². The van der Waals surface area contributed by atoms with Gasteiger partial charge in [0.05, 0.1) is 23.2 Å². The summed E-state index contributed by atoms with van der Waals surface area (Å²) in [7, 11) is 0. The van der Waals surface area contributed by atoms with E-state index in [0.717, 1.165) is 24.2 Å². The second-order valence-electron chi connectivity index (χ2n) is 7.44. The molecule has 0 bridgehead atoms. The Kier molecular flexibility index (Phi) is 7.26. The summed E-state index contributed by atoms with van der Waals surface area (Å²) in [5.41, 5.74) is 1.93. The van der Waals surface area contributed by atoms with Crippen molar-refractivity contribution < 1.29 is 9.53 Å². The number of esters is 1. The van der Waals surface area contributed by atoms with E-state index in [9.17, 15) is 9.59 Å². The maximum absolute atomic E-state index is 13.1. The molecule has 0 saturated carbocycles. The van der Waals surface area contributed by atoms with E-state index in [1.807, 2.05) is 12.1 Å². The summed E-state index contributed by atoms with van der Waals surface area (Å²) >= 11 is 7.58. The number of hydrogen-bond acceptors (Lipinski definition) is 6. The number of thioether (sulfide) groups is 1. The summed E-state index contributed by atoms with van der Waals surface area (Å²) < 4.78 is 5.48. The van der Waals surface area contributed by atoms with Crippen molar-refractivity contribution in [3.8, 4) is 0 Å². The van der Waals surface area contributed by atoms with Gasteiger partial charge in [0, 0.05) is 16.5 Å². The van der Waals surface area contributed by atoms with Gasteiger partial charge in [0.15, 0.2) is 5.16 Å². The van der Waals surface area contributed by atoms with Crippen LogP contribution in [0.1, 0.15) is 57.6 Å². The normalized spacial score (nSPS) is 15.7. The molecule has 0 saturated heterocycles. The van der Waals surface area contributed by atoms with Crippen molar-refractivity contribution in [1.82, 2.24) is 9.97 Å². The van der Waals surface area contributed by atoms with E-state index < -0.39 is 11.9 Å². The van der Waals surface area contributed by atoms with Gasteiger partial charge in [-0.1, -0.05) is 48.8 Å². The summed E-state index contributed by atoms with van der Waals surface area (Å²) in [4.78, 5) is 33.6. The SMILES string of the molecule is CCCCSc1nc2c(c(=O)[nH]1)[C@@H](c1ccc(Cl)cc1)C(C(=O)OC(C)C)=C(C)N2. The fourth-order valence-electron chi connectivity index (χ4n) is 3.35. The third kappa shape index (κ3) is 4.90. The minimum absolute atomic E-state index is 0.270. The average Bonchev–Trinajstić information content (AvgIpc) is 2.67. The van der Waals surface area contributed by atoms with Gasteiger partial charge in [0.1, 0.15) is 5.82 Å². The molecular formula is C22H26ClN3O3S. The van der Waals surface area contributed by atoms with Crippen molar-refractivity contribution in [3.05, 3.63) is 62.0 Å². The predicted octanol–water partition coefficient (Wildman–Crippen LogP) is 5.10. The van der Waals surface area contributed by atoms with E-state index in [1.165, 1.54) is 11.8 Å². The number of allylic oxidation sites excluding steroid dienone is 1. The molecule has 1 atom stereocenters. The molecule has 2 N–H and O–H groups in total. The topological polar surface area (TPSA) is 84.1 Å². The smallest absolute Gasteiger partial charge is 0.337 e. The van der Waals surface area contributed by atoms with Gasteiger partial charge < -0.3 is 15.0 Å². The van der Waals surface area contributed by atoms with Crippen molar-refractivity contribution >= 4 is 35.1 Å². The fourth-order valence-corrected chi connectivity index (χ4v) is 4.42. The molecule has 0 amide bonds. The number of carbonyl (C=O) groups excluding carboxylic acids is 1. The Morgan fingerprint density at radius 2 is 2.00 bits per heavy atom. The van der Waals surface area contributed by atoms with Gasteiger partial charge in [0.25, 0.3) is 5.56 Å². The number of carbonyl (C=O) groups is 1. The average molecular weight is 448 g/mol. The molecule has 0 spiro atoms. The van der Waals surface area contributed by atoms with Crippen LogP contribution in [-0.2, 0) is 9.53 Å². The zero-order valence-corrected chi connectivity index (χ0v) is 19.1. The highest BCUT2D eigenvalue weighted by Gasteiger charge is 2.36. The van der Waals surface area contributed by atoms with Crippen molar-refractivity contribution in [2.75, 3.05) is 11.1 Å². The van der Waals surface area contributed by atoms with Gasteiger partial charge in [-0.2, -0.15) is 0 Å². The zero-order chi connectivity index (χ0) is 21.8. The van der Waals surface area contributed by atoms with E-state index in [4.69, 9.17) is 16.3 Å². The quantitative estimate of drug-likeness (QED) is 0.266. The van der Waals surface area contributed by atoms with Crippen molar-refractivity contribution in [3.63, 3.8) is 0 Å². The lowest BCUT2D eigenvalue weighted by Crippen LogP contribution is -2.31. The lowest BCUT2D eigenvalue weighted by molar-refractivity contribution is -0.143. The van der Waals surface area contributed by atoms with Crippen molar-refractivity contribution in [2.45, 2.75) is 57.7 Å². The van der Waals surface area contributed by atoms with Gasteiger partial charge in [-0.05, 0) is 44.9 Å². The summed E-state index contributed by atoms with van der Waals surface area (Å²) in [5.74, 6) is 0.285. The zero-order valence-electron chi connectivity index (χ0n) is 17.5. The summed E-state index contributed by atoms with van der Waals surface area (Å²) in [5, 5.41) is 4.30. The van der Waals surface area contributed by atoms with Crippen LogP contribution in [-0.4, -0.2) is 27.8 Å². The lowest BCUT2D eigenvalue weighted by atomic mass is 9.82. The Labute approximate surface area is 185 Å². The van der Waals surface area contributed by atoms with E-state index >= 15 is 0 Å². The predicted molar refractivity (Wildman–Crippen MR) is 121 cm³/mol. The second kappa shape index (κ2) is 9.71. The highest BCUT2D eigenvalue weighted by molar-refractivity contribution is 7.99. The first kappa shape index (κ1) is 22.4. The van der Waals surface area contributed by atoms with Crippen LogP contribution in [0.25, 0.3) is 0 Å². The molecule has 160 valence electrons. The molecule has 1 aliphatic rings. The monoisotopic (exact) mass is 447 g/mol. The Hall–Kier alpha value is -2.25. The van der Waals surface area contributed by atoms with Crippen molar-refractivity contribution in [2.24, 2.45) is 0 Å². The maximum atomic E-state index is 13.1. The standard InChI is InChI=1S/C22H26ClN3O3S/c1-5-6-11-30-22-25-19-18(20(27)26-22)17(14-7-9-15(23)10-8-14)16(13(4)24-19)21(28)29-12(2)3/h7-10,12,17H,5-6,11H2,1-4H3,(H2,24,25,26,27)/t17-/m0/s1. The number of ether oxygens (including phenoxy) is 1. The van der Waals surface area contributed by atoms with Crippen LogP contribution >= 0.6 is 23.4 Å². The molecule has 0 radical (unpaired) electrons. The number of H-pyrrole nitrogens is 1. The first-order valence-corrected chi connectivity index (χ1v) is 11.4. The molecule has 30 heavy (non-hydrogen) atoms. The summed E-state index contributed by atoms with van der Waals surface area (Å²) in [6, 6.07) is 7.13. The third-order valence-electron chi connectivity index (χ3n) is 4.72.